The summed E-state index contributed by atoms with van der Waals surface area (Å²) in [4.78, 5) is 2.76. The maximum Gasteiger partial charge on any atom is 0.0244 e. The third-order valence-electron chi connectivity index (χ3n) is 5.03. The van der Waals surface area contributed by atoms with E-state index in [4.69, 9.17) is 0 Å². The molecular formula is C19H40N2. The molecule has 2 nitrogen and oxygen atoms in total. The minimum absolute atomic E-state index is 0.369. The van der Waals surface area contributed by atoms with Crippen molar-refractivity contribution in [2.75, 3.05) is 19.6 Å². The molecule has 0 aromatic carbocycles. The summed E-state index contributed by atoms with van der Waals surface area (Å²) < 4.78 is 0. The third-order valence-corrected chi connectivity index (χ3v) is 5.03. The predicted molar refractivity (Wildman–Crippen MR) is 94.8 cm³/mol. The molecule has 2 unspecified atom stereocenters. The molecular weight excluding hydrogens is 256 g/mol. The molecule has 1 saturated heterocycles. The summed E-state index contributed by atoms with van der Waals surface area (Å²) in [5.74, 6) is 0.871. The van der Waals surface area contributed by atoms with Gasteiger partial charge in [-0.1, -0.05) is 67.2 Å². The second kappa shape index (κ2) is 9.15. The Hall–Kier alpha value is -0.0800. The van der Waals surface area contributed by atoms with E-state index in [2.05, 4.69) is 51.8 Å². The highest BCUT2D eigenvalue weighted by Crippen LogP contribution is 2.24. The van der Waals surface area contributed by atoms with Crippen LogP contribution in [0.1, 0.15) is 80.1 Å². The van der Waals surface area contributed by atoms with Crippen molar-refractivity contribution in [1.29, 1.82) is 0 Å². The maximum atomic E-state index is 3.77. The van der Waals surface area contributed by atoms with Crippen molar-refractivity contribution in [2.24, 2.45) is 11.3 Å². The van der Waals surface area contributed by atoms with Gasteiger partial charge >= 0.3 is 0 Å². The number of rotatable bonds is 8. The molecule has 2 heteroatoms. The first-order valence-corrected chi connectivity index (χ1v) is 9.32. The van der Waals surface area contributed by atoms with Crippen molar-refractivity contribution >= 4 is 0 Å². The zero-order chi connectivity index (χ0) is 15.9. The average molecular weight is 297 g/mol. The normalized spacial score (nSPS) is 24.7. The highest BCUT2D eigenvalue weighted by molar-refractivity contribution is 4.91. The van der Waals surface area contributed by atoms with Gasteiger partial charge < -0.3 is 5.32 Å². The molecule has 0 spiro atoms. The van der Waals surface area contributed by atoms with Crippen LogP contribution in [0.15, 0.2) is 0 Å². The van der Waals surface area contributed by atoms with Gasteiger partial charge in [0.1, 0.15) is 0 Å². The minimum Gasteiger partial charge on any atom is -0.311 e. The van der Waals surface area contributed by atoms with E-state index in [-0.39, 0.29) is 0 Å². The van der Waals surface area contributed by atoms with Crippen molar-refractivity contribution in [3.05, 3.63) is 0 Å². The quantitative estimate of drug-likeness (QED) is 0.654. The second-order valence-corrected chi connectivity index (χ2v) is 8.48. The molecule has 0 aromatic rings. The molecule has 0 amide bonds. The number of unbranched alkanes of at least 4 members (excludes halogenated alkanes) is 3. The van der Waals surface area contributed by atoms with Crippen LogP contribution in [0.4, 0.5) is 0 Å². The van der Waals surface area contributed by atoms with Gasteiger partial charge in [-0.25, -0.2) is 0 Å². The fourth-order valence-corrected chi connectivity index (χ4v) is 3.33. The summed E-state index contributed by atoms with van der Waals surface area (Å²) in [5, 5.41) is 3.77. The maximum absolute atomic E-state index is 3.77. The topological polar surface area (TPSA) is 15.3 Å². The van der Waals surface area contributed by atoms with E-state index < -0.39 is 0 Å². The van der Waals surface area contributed by atoms with Crippen LogP contribution in [0.25, 0.3) is 0 Å². The number of hydrogen-bond donors (Lipinski definition) is 1. The van der Waals surface area contributed by atoms with Crippen molar-refractivity contribution in [2.45, 2.75) is 92.2 Å². The lowest BCUT2D eigenvalue weighted by Crippen LogP contribution is -2.60. The van der Waals surface area contributed by atoms with Gasteiger partial charge in [0.05, 0.1) is 0 Å². The van der Waals surface area contributed by atoms with Crippen molar-refractivity contribution in [3.8, 4) is 0 Å². The first-order valence-electron chi connectivity index (χ1n) is 9.32. The molecule has 0 aliphatic carbocycles. The molecule has 1 aliphatic heterocycles. The molecule has 0 aromatic heterocycles. The molecule has 0 bridgehead atoms. The van der Waals surface area contributed by atoms with Gasteiger partial charge in [-0.15, -0.1) is 0 Å². The number of piperazine rings is 1. The Morgan fingerprint density at radius 1 is 1.10 bits per heavy atom. The Balaban J connectivity index is 2.29. The number of nitrogens with zero attached hydrogens (tertiary/aromatic N) is 1. The third kappa shape index (κ3) is 7.15. The highest BCUT2D eigenvalue weighted by Gasteiger charge is 2.32. The van der Waals surface area contributed by atoms with Crippen LogP contribution < -0.4 is 5.32 Å². The first-order chi connectivity index (χ1) is 9.84. The molecule has 1 N–H and O–H groups in total. The van der Waals surface area contributed by atoms with Gasteiger partial charge in [-0.2, -0.15) is 0 Å². The van der Waals surface area contributed by atoms with E-state index in [0.29, 0.717) is 11.5 Å². The molecule has 126 valence electrons. The molecule has 0 radical (unpaired) electrons. The van der Waals surface area contributed by atoms with Crippen molar-refractivity contribution in [3.63, 3.8) is 0 Å². The Labute approximate surface area is 134 Å². The van der Waals surface area contributed by atoms with E-state index in [9.17, 15) is 0 Å². The van der Waals surface area contributed by atoms with Crippen LogP contribution in [0.3, 0.4) is 0 Å². The Morgan fingerprint density at radius 3 is 2.33 bits per heavy atom. The minimum atomic E-state index is 0.369. The molecule has 2 atom stereocenters. The van der Waals surface area contributed by atoms with Crippen LogP contribution in [0, 0.1) is 11.3 Å². The van der Waals surface area contributed by atoms with Gasteiger partial charge in [0.25, 0.3) is 0 Å². The molecule has 1 fully saturated rings. The molecule has 21 heavy (non-hydrogen) atoms. The second-order valence-electron chi connectivity index (χ2n) is 8.48. The molecule has 1 heterocycles. The van der Waals surface area contributed by atoms with Crippen LogP contribution >= 0.6 is 0 Å². The van der Waals surface area contributed by atoms with Crippen LogP contribution in [-0.2, 0) is 0 Å². The van der Waals surface area contributed by atoms with Gasteiger partial charge in [-0.05, 0) is 30.7 Å². The summed E-state index contributed by atoms with van der Waals surface area (Å²) in [6.45, 7) is 17.8. The van der Waals surface area contributed by atoms with Crippen LogP contribution in [0.5, 0.6) is 0 Å². The van der Waals surface area contributed by atoms with Gasteiger partial charge in [0, 0.05) is 25.2 Å². The van der Waals surface area contributed by atoms with Crippen LogP contribution in [0.2, 0.25) is 0 Å². The lowest BCUT2D eigenvalue weighted by Gasteiger charge is -2.45. The zero-order valence-corrected chi connectivity index (χ0v) is 15.5. The SMILES string of the molecule is CCC1CNC(C(C)(C)C)CN1CCCCCCC(C)C. The van der Waals surface area contributed by atoms with Gasteiger partial charge in [0.15, 0.2) is 0 Å². The van der Waals surface area contributed by atoms with Crippen LogP contribution in [-0.4, -0.2) is 36.6 Å². The summed E-state index contributed by atoms with van der Waals surface area (Å²) in [6.07, 6.45) is 8.30. The number of hydrogen-bond acceptors (Lipinski definition) is 2. The molecule has 0 saturated carbocycles. The standard InChI is InChI=1S/C19H40N2/c1-7-17-14-20-18(19(4,5)6)15-21(17)13-11-9-8-10-12-16(2)3/h16-18,20H,7-15H2,1-6H3. The largest absolute Gasteiger partial charge is 0.311 e. The first kappa shape index (κ1) is 19.0. The zero-order valence-electron chi connectivity index (χ0n) is 15.5. The summed E-state index contributed by atoms with van der Waals surface area (Å²) in [5.41, 5.74) is 0.369. The lowest BCUT2D eigenvalue weighted by atomic mass is 9.84. The Bertz CT molecular complexity index is 267. The Morgan fingerprint density at radius 2 is 1.76 bits per heavy atom. The van der Waals surface area contributed by atoms with Crippen molar-refractivity contribution in [1.82, 2.24) is 10.2 Å². The van der Waals surface area contributed by atoms with E-state index in [1.807, 2.05) is 0 Å². The molecule has 1 rings (SSSR count). The fourth-order valence-electron chi connectivity index (χ4n) is 3.33. The van der Waals surface area contributed by atoms with E-state index in [1.165, 1.54) is 58.2 Å². The summed E-state index contributed by atoms with van der Waals surface area (Å²) in [6, 6.07) is 1.39. The van der Waals surface area contributed by atoms with Gasteiger partial charge in [0.2, 0.25) is 0 Å². The monoisotopic (exact) mass is 296 g/mol. The average Bonchev–Trinajstić information content (AvgIpc) is 2.41. The van der Waals surface area contributed by atoms with E-state index in [0.717, 1.165) is 12.0 Å². The highest BCUT2D eigenvalue weighted by atomic mass is 15.2. The molecule has 1 aliphatic rings. The summed E-state index contributed by atoms with van der Waals surface area (Å²) >= 11 is 0. The van der Waals surface area contributed by atoms with E-state index in [1.54, 1.807) is 0 Å². The fraction of sp³-hybridized carbons (Fsp3) is 1.00. The van der Waals surface area contributed by atoms with Crippen molar-refractivity contribution < 1.29 is 0 Å². The lowest BCUT2D eigenvalue weighted by molar-refractivity contribution is 0.0820. The van der Waals surface area contributed by atoms with E-state index >= 15 is 0 Å². The van der Waals surface area contributed by atoms with Gasteiger partial charge in [-0.3, -0.25) is 4.90 Å². The summed E-state index contributed by atoms with van der Waals surface area (Å²) in [7, 11) is 0. The predicted octanol–water partition coefficient (Wildman–Crippen LogP) is 4.69. The number of nitrogens with one attached hydrogen (secondary N) is 1. The smallest absolute Gasteiger partial charge is 0.0244 e. The Kier molecular flexibility index (Phi) is 8.26.